The Morgan fingerprint density at radius 2 is 1.84 bits per heavy atom. The lowest BCUT2D eigenvalue weighted by molar-refractivity contribution is -0.120. The van der Waals surface area contributed by atoms with E-state index in [9.17, 15) is 4.79 Å². The topological polar surface area (TPSA) is 74.8 Å². The van der Waals surface area contributed by atoms with E-state index in [1.807, 2.05) is 13.8 Å². The third-order valence-electron chi connectivity index (χ3n) is 2.40. The highest BCUT2D eigenvalue weighted by molar-refractivity contribution is 5.81. The Morgan fingerprint density at radius 1 is 1.11 bits per heavy atom. The summed E-state index contributed by atoms with van der Waals surface area (Å²) < 4.78 is 5.25. The predicted molar refractivity (Wildman–Crippen MR) is 78.4 cm³/mol. The highest BCUT2D eigenvalue weighted by Gasteiger charge is 2.01. The molecule has 0 saturated carbocycles. The molecule has 0 fully saturated rings. The van der Waals surface area contributed by atoms with E-state index in [1.165, 1.54) is 0 Å². The van der Waals surface area contributed by atoms with Crippen LogP contribution in [0.3, 0.4) is 0 Å². The van der Waals surface area contributed by atoms with E-state index in [0.29, 0.717) is 13.0 Å². The van der Waals surface area contributed by atoms with Crippen LogP contribution in [-0.2, 0) is 9.53 Å². The predicted octanol–water partition coefficient (Wildman–Crippen LogP) is 0.494. The Hall–Kier alpha value is -1.30. The van der Waals surface area contributed by atoms with Gasteiger partial charge in [-0.3, -0.25) is 9.79 Å². The van der Waals surface area contributed by atoms with Gasteiger partial charge in [0.25, 0.3) is 0 Å². The first-order chi connectivity index (χ1) is 9.24. The van der Waals surface area contributed by atoms with Crippen LogP contribution in [0.1, 0.15) is 33.1 Å². The standard InChI is InChI=1S/C13H28N4O2/c1-4-8-15-12(18)7-10-17-13(14-3)16-9-6-11-19-5-2/h4-11H2,1-3H3,(H,15,18)(H2,14,16,17). The number of guanidine groups is 1. The van der Waals surface area contributed by atoms with Crippen molar-refractivity contribution in [3.05, 3.63) is 0 Å². The number of hydrogen-bond donors (Lipinski definition) is 3. The fraction of sp³-hybridized carbons (Fsp3) is 0.846. The first-order valence-corrected chi connectivity index (χ1v) is 7.03. The van der Waals surface area contributed by atoms with Gasteiger partial charge >= 0.3 is 0 Å². The Balaban J connectivity index is 3.57. The summed E-state index contributed by atoms with van der Waals surface area (Å²) in [6.45, 7) is 7.65. The molecular weight excluding hydrogens is 244 g/mol. The molecular formula is C13H28N4O2. The Labute approximate surface area is 116 Å². The molecule has 0 aliphatic heterocycles. The van der Waals surface area contributed by atoms with Crippen LogP contribution in [-0.4, -0.2) is 51.8 Å². The van der Waals surface area contributed by atoms with Gasteiger partial charge in [0.15, 0.2) is 5.96 Å². The maximum Gasteiger partial charge on any atom is 0.221 e. The van der Waals surface area contributed by atoms with Gasteiger partial charge in [-0.2, -0.15) is 0 Å². The monoisotopic (exact) mass is 272 g/mol. The second-order valence-corrected chi connectivity index (χ2v) is 4.08. The molecule has 112 valence electrons. The smallest absolute Gasteiger partial charge is 0.221 e. The van der Waals surface area contributed by atoms with Gasteiger partial charge in [-0.15, -0.1) is 0 Å². The molecule has 3 N–H and O–H groups in total. The van der Waals surface area contributed by atoms with Crippen molar-refractivity contribution in [2.45, 2.75) is 33.1 Å². The number of rotatable bonds is 10. The van der Waals surface area contributed by atoms with Crippen molar-refractivity contribution in [2.75, 3.05) is 39.9 Å². The maximum atomic E-state index is 11.4. The van der Waals surface area contributed by atoms with Gasteiger partial charge < -0.3 is 20.7 Å². The summed E-state index contributed by atoms with van der Waals surface area (Å²) in [6, 6.07) is 0. The average molecular weight is 272 g/mol. The quantitative estimate of drug-likeness (QED) is 0.307. The minimum atomic E-state index is 0.0705. The molecule has 0 spiro atoms. The molecule has 6 heteroatoms. The van der Waals surface area contributed by atoms with Crippen LogP contribution in [0, 0.1) is 0 Å². The van der Waals surface area contributed by atoms with Crippen LogP contribution in [0.15, 0.2) is 4.99 Å². The molecule has 6 nitrogen and oxygen atoms in total. The second-order valence-electron chi connectivity index (χ2n) is 4.08. The van der Waals surface area contributed by atoms with Gasteiger partial charge in [0, 0.05) is 46.3 Å². The van der Waals surface area contributed by atoms with Crippen molar-refractivity contribution in [2.24, 2.45) is 4.99 Å². The molecule has 0 aromatic carbocycles. The van der Waals surface area contributed by atoms with Crippen molar-refractivity contribution in [3.8, 4) is 0 Å². The van der Waals surface area contributed by atoms with Gasteiger partial charge in [0.2, 0.25) is 5.91 Å². The van der Waals surface area contributed by atoms with Crippen LogP contribution >= 0.6 is 0 Å². The zero-order valence-corrected chi connectivity index (χ0v) is 12.4. The fourth-order valence-electron chi connectivity index (χ4n) is 1.39. The maximum absolute atomic E-state index is 11.4. The van der Waals surface area contributed by atoms with E-state index in [4.69, 9.17) is 4.74 Å². The third kappa shape index (κ3) is 11.5. The number of carbonyl (C=O) groups is 1. The summed E-state index contributed by atoms with van der Waals surface area (Å²) in [5.41, 5.74) is 0. The minimum absolute atomic E-state index is 0.0705. The highest BCUT2D eigenvalue weighted by Crippen LogP contribution is 1.82. The number of aliphatic imine (C=N–C) groups is 1. The molecule has 1 amide bonds. The lowest BCUT2D eigenvalue weighted by atomic mass is 10.4. The number of hydrogen-bond acceptors (Lipinski definition) is 3. The van der Waals surface area contributed by atoms with Crippen molar-refractivity contribution < 1.29 is 9.53 Å². The van der Waals surface area contributed by atoms with Crippen molar-refractivity contribution in [3.63, 3.8) is 0 Å². The van der Waals surface area contributed by atoms with Gasteiger partial charge in [0.05, 0.1) is 0 Å². The van der Waals surface area contributed by atoms with Gasteiger partial charge in [-0.05, 0) is 19.8 Å². The summed E-state index contributed by atoms with van der Waals surface area (Å²) in [5.74, 6) is 0.793. The van der Waals surface area contributed by atoms with E-state index in [0.717, 1.165) is 45.1 Å². The molecule has 19 heavy (non-hydrogen) atoms. The summed E-state index contributed by atoms with van der Waals surface area (Å²) in [7, 11) is 1.72. The summed E-state index contributed by atoms with van der Waals surface area (Å²) in [6.07, 6.45) is 2.35. The molecule has 0 aliphatic carbocycles. The van der Waals surface area contributed by atoms with E-state index in [2.05, 4.69) is 20.9 Å². The van der Waals surface area contributed by atoms with Crippen molar-refractivity contribution in [1.29, 1.82) is 0 Å². The molecule has 0 radical (unpaired) electrons. The van der Waals surface area contributed by atoms with Crippen molar-refractivity contribution in [1.82, 2.24) is 16.0 Å². The van der Waals surface area contributed by atoms with E-state index >= 15 is 0 Å². The van der Waals surface area contributed by atoms with E-state index in [-0.39, 0.29) is 5.91 Å². The van der Waals surface area contributed by atoms with Gasteiger partial charge in [-0.1, -0.05) is 6.92 Å². The van der Waals surface area contributed by atoms with Crippen LogP contribution < -0.4 is 16.0 Å². The van der Waals surface area contributed by atoms with E-state index in [1.54, 1.807) is 7.05 Å². The molecule has 0 aliphatic rings. The van der Waals surface area contributed by atoms with Crippen LogP contribution in [0.4, 0.5) is 0 Å². The molecule has 0 bridgehead atoms. The molecule has 0 aromatic rings. The zero-order valence-electron chi connectivity index (χ0n) is 12.4. The van der Waals surface area contributed by atoms with Crippen LogP contribution in [0.5, 0.6) is 0 Å². The number of amides is 1. The van der Waals surface area contributed by atoms with Gasteiger partial charge in [0.1, 0.15) is 0 Å². The number of carbonyl (C=O) groups excluding carboxylic acids is 1. The average Bonchev–Trinajstić information content (AvgIpc) is 2.42. The lowest BCUT2D eigenvalue weighted by Gasteiger charge is -2.11. The second kappa shape index (κ2) is 13.1. The number of nitrogens with one attached hydrogen (secondary N) is 3. The summed E-state index contributed by atoms with van der Waals surface area (Å²) in [5, 5.41) is 9.11. The largest absolute Gasteiger partial charge is 0.382 e. The summed E-state index contributed by atoms with van der Waals surface area (Å²) >= 11 is 0. The number of nitrogens with zero attached hydrogens (tertiary/aromatic N) is 1. The molecule has 0 atom stereocenters. The summed E-state index contributed by atoms with van der Waals surface area (Å²) in [4.78, 5) is 15.5. The van der Waals surface area contributed by atoms with Crippen LogP contribution in [0.2, 0.25) is 0 Å². The van der Waals surface area contributed by atoms with Gasteiger partial charge in [-0.25, -0.2) is 0 Å². The molecule has 0 saturated heterocycles. The lowest BCUT2D eigenvalue weighted by Crippen LogP contribution is -2.40. The van der Waals surface area contributed by atoms with Crippen LogP contribution in [0.25, 0.3) is 0 Å². The van der Waals surface area contributed by atoms with Crippen molar-refractivity contribution >= 4 is 11.9 Å². The minimum Gasteiger partial charge on any atom is -0.382 e. The highest BCUT2D eigenvalue weighted by atomic mass is 16.5. The van der Waals surface area contributed by atoms with E-state index < -0.39 is 0 Å². The normalized spacial score (nSPS) is 11.2. The first kappa shape index (κ1) is 17.7. The molecule has 0 heterocycles. The molecule has 0 rings (SSSR count). The third-order valence-corrected chi connectivity index (χ3v) is 2.40. The SMILES string of the molecule is CCCNC(=O)CCNC(=NC)NCCCOCC. The molecule has 0 aromatic heterocycles. The Kier molecular flexibility index (Phi) is 12.2. The molecule has 0 unspecified atom stereocenters. The Morgan fingerprint density at radius 3 is 2.47 bits per heavy atom. The number of ether oxygens (including phenoxy) is 1. The fourth-order valence-corrected chi connectivity index (χ4v) is 1.39. The first-order valence-electron chi connectivity index (χ1n) is 7.03. The Bertz CT molecular complexity index is 257. The zero-order chi connectivity index (χ0) is 14.3.